The van der Waals surface area contributed by atoms with E-state index >= 15 is 0 Å². The summed E-state index contributed by atoms with van der Waals surface area (Å²) in [4.78, 5) is 15.5. The molecule has 0 radical (unpaired) electrons. The zero-order valence-corrected chi connectivity index (χ0v) is 26.6. The fourth-order valence-electron chi connectivity index (χ4n) is 6.76. The Kier molecular flexibility index (Phi) is 7.10. The molecule has 2 aromatic heterocycles. The van der Waals surface area contributed by atoms with Gasteiger partial charge in [-0.15, -0.1) is 0 Å². The lowest BCUT2D eigenvalue weighted by molar-refractivity contribution is 1.06. The molecule has 9 rings (SSSR count). The number of hydrogen-bond acceptors (Lipinski definition) is 3. The van der Waals surface area contributed by atoms with E-state index in [1.807, 2.05) is 24.3 Å². The monoisotopic (exact) mass is 626 g/mol. The van der Waals surface area contributed by atoms with Crippen LogP contribution in [0, 0.1) is 0 Å². The first-order valence-corrected chi connectivity index (χ1v) is 16.5. The molecule has 0 saturated heterocycles. The van der Waals surface area contributed by atoms with Crippen molar-refractivity contribution in [3.05, 3.63) is 182 Å². The molecular weight excluding hydrogens is 597 g/mol. The van der Waals surface area contributed by atoms with Crippen molar-refractivity contribution in [1.82, 2.24) is 19.5 Å². The maximum atomic E-state index is 5.23. The summed E-state index contributed by atoms with van der Waals surface area (Å²) in [5.74, 6) is 1.87. The van der Waals surface area contributed by atoms with E-state index in [0.717, 1.165) is 50.1 Å². The number of nitrogens with zero attached hydrogens (tertiary/aromatic N) is 4. The van der Waals surface area contributed by atoms with E-state index in [2.05, 4.69) is 162 Å². The molecule has 230 valence electrons. The van der Waals surface area contributed by atoms with E-state index in [1.165, 1.54) is 16.3 Å². The van der Waals surface area contributed by atoms with Gasteiger partial charge < -0.3 is 4.57 Å². The molecule has 7 aromatic carbocycles. The van der Waals surface area contributed by atoms with Gasteiger partial charge in [0.05, 0.1) is 16.7 Å². The molecule has 0 unspecified atom stereocenters. The summed E-state index contributed by atoms with van der Waals surface area (Å²) < 4.78 is 2.38. The van der Waals surface area contributed by atoms with Gasteiger partial charge in [0.25, 0.3) is 0 Å². The van der Waals surface area contributed by atoms with Gasteiger partial charge in [-0.05, 0) is 34.9 Å². The minimum atomic E-state index is 0.616. The maximum Gasteiger partial charge on any atom is 0.166 e. The maximum absolute atomic E-state index is 5.23. The zero-order chi connectivity index (χ0) is 32.6. The summed E-state index contributed by atoms with van der Waals surface area (Å²) in [5, 5.41) is 2.40. The number of hydrogen-bond donors (Lipinski definition) is 0. The number of rotatable bonds is 6. The van der Waals surface area contributed by atoms with Crippen molar-refractivity contribution in [2.45, 2.75) is 0 Å². The van der Waals surface area contributed by atoms with Gasteiger partial charge in [0.2, 0.25) is 0 Å². The van der Waals surface area contributed by atoms with Gasteiger partial charge in [0, 0.05) is 33.0 Å². The van der Waals surface area contributed by atoms with Crippen molar-refractivity contribution < 1.29 is 0 Å². The van der Waals surface area contributed by atoms with Crippen LogP contribution >= 0.6 is 0 Å². The molecule has 0 aliphatic rings. The minimum Gasteiger partial charge on any atom is -0.308 e. The van der Waals surface area contributed by atoms with Crippen molar-refractivity contribution in [2.75, 3.05) is 0 Å². The molecule has 4 heteroatoms. The van der Waals surface area contributed by atoms with Gasteiger partial charge in [0.1, 0.15) is 0 Å². The number of para-hydroxylation sites is 3. The van der Waals surface area contributed by atoms with Crippen LogP contribution in [0.4, 0.5) is 0 Å². The second-order valence-electron chi connectivity index (χ2n) is 12.1. The third-order valence-corrected chi connectivity index (χ3v) is 9.08. The Morgan fingerprint density at radius 2 is 0.694 bits per heavy atom. The third-order valence-electron chi connectivity index (χ3n) is 9.08. The molecular formula is C45H30N4. The highest BCUT2D eigenvalue weighted by molar-refractivity contribution is 6.10. The Morgan fingerprint density at radius 1 is 0.286 bits per heavy atom. The Bertz CT molecular complexity index is 2520. The molecule has 2 heterocycles. The van der Waals surface area contributed by atoms with Crippen LogP contribution in [0.5, 0.6) is 0 Å². The van der Waals surface area contributed by atoms with Crippen LogP contribution in [0.15, 0.2) is 182 Å². The van der Waals surface area contributed by atoms with E-state index in [4.69, 9.17) is 15.0 Å². The largest absolute Gasteiger partial charge is 0.308 e. The lowest BCUT2D eigenvalue weighted by Gasteiger charge is -2.19. The summed E-state index contributed by atoms with van der Waals surface area (Å²) in [6.07, 6.45) is 0. The smallest absolute Gasteiger partial charge is 0.166 e. The fraction of sp³-hybridized carbons (Fsp3) is 0. The van der Waals surface area contributed by atoms with E-state index in [9.17, 15) is 0 Å². The molecule has 0 fully saturated rings. The molecule has 9 aromatic rings. The first kappa shape index (κ1) is 28.6. The van der Waals surface area contributed by atoms with Crippen LogP contribution in [0.1, 0.15) is 0 Å². The Morgan fingerprint density at radius 3 is 1.29 bits per heavy atom. The van der Waals surface area contributed by atoms with Gasteiger partial charge >= 0.3 is 0 Å². The highest BCUT2D eigenvalue weighted by atomic mass is 15.1. The second kappa shape index (κ2) is 12.2. The molecule has 0 spiro atoms. The van der Waals surface area contributed by atoms with Gasteiger partial charge in [0.15, 0.2) is 17.5 Å². The molecule has 0 aliphatic heterocycles. The Balaban J connectivity index is 1.32. The topological polar surface area (TPSA) is 43.6 Å². The lowest BCUT2D eigenvalue weighted by Crippen LogP contribution is -2.05. The van der Waals surface area contributed by atoms with Crippen molar-refractivity contribution in [3.8, 4) is 62.1 Å². The molecule has 0 aliphatic carbocycles. The second-order valence-corrected chi connectivity index (χ2v) is 12.1. The summed E-state index contributed by atoms with van der Waals surface area (Å²) in [7, 11) is 0. The molecule has 0 atom stereocenters. The number of benzene rings is 7. The van der Waals surface area contributed by atoms with E-state index in [1.54, 1.807) is 0 Å². The molecule has 0 saturated carbocycles. The molecule has 4 nitrogen and oxygen atoms in total. The zero-order valence-electron chi connectivity index (χ0n) is 26.6. The van der Waals surface area contributed by atoms with Crippen LogP contribution in [0.2, 0.25) is 0 Å². The summed E-state index contributed by atoms with van der Waals surface area (Å²) in [6, 6.07) is 63.3. The predicted molar refractivity (Wildman–Crippen MR) is 201 cm³/mol. The van der Waals surface area contributed by atoms with Crippen molar-refractivity contribution in [2.24, 2.45) is 0 Å². The number of aromatic nitrogens is 4. The van der Waals surface area contributed by atoms with Crippen molar-refractivity contribution in [3.63, 3.8) is 0 Å². The molecule has 49 heavy (non-hydrogen) atoms. The summed E-state index contributed by atoms with van der Waals surface area (Å²) in [6.45, 7) is 0. The van der Waals surface area contributed by atoms with Gasteiger partial charge in [-0.3, -0.25) is 0 Å². The SMILES string of the molecule is c1ccc(-c2ccc(-c3nc(-c4ccccc4)nc(-c4cccc(-c5ccccc5)c4-n4c5ccccc5c5ccccc54)n3)cc2)cc1. The van der Waals surface area contributed by atoms with Crippen LogP contribution < -0.4 is 0 Å². The fourth-order valence-corrected chi connectivity index (χ4v) is 6.76. The van der Waals surface area contributed by atoms with Crippen LogP contribution in [0.25, 0.3) is 83.9 Å². The normalized spacial score (nSPS) is 11.3. The summed E-state index contributed by atoms with van der Waals surface area (Å²) in [5.41, 5.74) is 10.6. The highest BCUT2D eigenvalue weighted by Crippen LogP contribution is 2.41. The van der Waals surface area contributed by atoms with Crippen LogP contribution in [-0.4, -0.2) is 19.5 Å². The molecule has 0 amide bonds. The van der Waals surface area contributed by atoms with E-state index in [-0.39, 0.29) is 0 Å². The third kappa shape index (κ3) is 5.16. The van der Waals surface area contributed by atoms with Gasteiger partial charge in [-0.25, -0.2) is 15.0 Å². The Labute approximate surface area is 284 Å². The molecule has 0 N–H and O–H groups in total. The highest BCUT2D eigenvalue weighted by Gasteiger charge is 2.22. The van der Waals surface area contributed by atoms with Crippen molar-refractivity contribution >= 4 is 21.8 Å². The standard InChI is InChI=1S/C45H30N4/c1-4-15-31(16-5-1)32-27-29-35(30-28-32)44-46-43(34-19-8-3-9-20-34)47-45(48-44)39-24-14-23-36(33-17-6-2-7-18-33)42(39)49-40-25-12-10-21-37(40)38-22-11-13-26-41(38)49/h1-30H. The Hall–Kier alpha value is -6.65. The van der Waals surface area contributed by atoms with E-state index < -0.39 is 0 Å². The summed E-state index contributed by atoms with van der Waals surface area (Å²) >= 11 is 0. The van der Waals surface area contributed by atoms with Gasteiger partial charge in [-0.1, -0.05) is 164 Å². The average molecular weight is 627 g/mol. The first-order valence-electron chi connectivity index (χ1n) is 16.5. The first-order chi connectivity index (χ1) is 24.3. The predicted octanol–water partition coefficient (Wildman–Crippen LogP) is 11.3. The number of fused-ring (bicyclic) bond motifs is 3. The quantitative estimate of drug-likeness (QED) is 0.184. The lowest BCUT2D eigenvalue weighted by atomic mass is 9.98. The average Bonchev–Trinajstić information content (AvgIpc) is 3.52. The van der Waals surface area contributed by atoms with Gasteiger partial charge in [-0.2, -0.15) is 0 Å². The van der Waals surface area contributed by atoms with Crippen LogP contribution in [-0.2, 0) is 0 Å². The van der Waals surface area contributed by atoms with Crippen LogP contribution in [0.3, 0.4) is 0 Å². The van der Waals surface area contributed by atoms with Crippen molar-refractivity contribution in [1.29, 1.82) is 0 Å². The minimum absolute atomic E-state index is 0.616. The van der Waals surface area contributed by atoms with E-state index in [0.29, 0.717) is 17.5 Å². The molecule has 0 bridgehead atoms.